The van der Waals surface area contributed by atoms with E-state index in [1.165, 1.54) is 16.4 Å². The number of rotatable bonds is 7. The first kappa shape index (κ1) is 24.1. The van der Waals surface area contributed by atoms with Crippen molar-refractivity contribution >= 4 is 15.9 Å². The summed E-state index contributed by atoms with van der Waals surface area (Å²) in [7, 11) is -1.75. The molecule has 1 atom stereocenters. The molecule has 1 aliphatic heterocycles. The Morgan fingerprint density at radius 1 is 1.12 bits per heavy atom. The monoisotopic (exact) mass is 485 g/mol. The minimum atomic E-state index is -3.56. The second kappa shape index (κ2) is 10.0. The number of aromatic nitrogens is 2. The Bertz CT molecular complexity index is 1250. The minimum absolute atomic E-state index is 0.106. The van der Waals surface area contributed by atoms with Gasteiger partial charge in [-0.3, -0.25) is 9.69 Å². The van der Waals surface area contributed by atoms with Crippen molar-refractivity contribution < 1.29 is 17.6 Å². The Labute approximate surface area is 199 Å². The van der Waals surface area contributed by atoms with Gasteiger partial charge >= 0.3 is 0 Å². The molecule has 1 N–H and O–H groups in total. The maximum atomic E-state index is 13.9. The van der Waals surface area contributed by atoms with E-state index in [-0.39, 0.29) is 17.3 Å². The molecule has 0 bridgehead atoms. The number of carbonyl (C=O) groups excluding carboxylic acids is 1. The van der Waals surface area contributed by atoms with Gasteiger partial charge in [0.25, 0.3) is 0 Å². The largest absolute Gasteiger partial charge is 0.341 e. The first-order valence-electron chi connectivity index (χ1n) is 11.1. The van der Waals surface area contributed by atoms with E-state index >= 15 is 0 Å². The number of nitrogens with zero attached hydrogens (tertiary/aromatic N) is 4. The zero-order chi connectivity index (χ0) is 24.3. The molecule has 0 radical (unpaired) electrons. The lowest BCUT2D eigenvalue weighted by Gasteiger charge is -2.33. The molecule has 1 amide bonds. The summed E-state index contributed by atoms with van der Waals surface area (Å²) in [6.45, 7) is 3.49. The van der Waals surface area contributed by atoms with Gasteiger partial charge in [0.2, 0.25) is 15.9 Å². The van der Waals surface area contributed by atoms with E-state index in [2.05, 4.69) is 10.3 Å². The smallest absolute Gasteiger partial charge is 0.243 e. The van der Waals surface area contributed by atoms with E-state index in [4.69, 9.17) is 0 Å². The predicted molar refractivity (Wildman–Crippen MR) is 126 cm³/mol. The Hall–Kier alpha value is -3.08. The minimum Gasteiger partial charge on any atom is -0.341 e. The lowest BCUT2D eigenvalue weighted by molar-refractivity contribution is -0.123. The number of piperazine rings is 1. The highest BCUT2D eigenvalue weighted by molar-refractivity contribution is 7.89. The highest BCUT2D eigenvalue weighted by Crippen LogP contribution is 2.22. The summed E-state index contributed by atoms with van der Waals surface area (Å²) in [6.07, 6.45) is 3.39. The van der Waals surface area contributed by atoms with Gasteiger partial charge in [-0.05, 0) is 36.8 Å². The molecule has 0 aliphatic carbocycles. The third-order valence-corrected chi connectivity index (χ3v) is 7.87. The quantitative estimate of drug-likeness (QED) is 0.554. The highest BCUT2D eigenvalue weighted by atomic mass is 32.2. The third kappa shape index (κ3) is 5.35. The number of hydrogen-bond donors (Lipinski definition) is 1. The summed E-state index contributed by atoms with van der Waals surface area (Å²) in [4.78, 5) is 19.4. The van der Waals surface area contributed by atoms with Gasteiger partial charge in [-0.1, -0.05) is 29.8 Å². The number of benzene rings is 2. The lowest BCUT2D eigenvalue weighted by atomic mass is 10.1. The molecule has 2 heterocycles. The Morgan fingerprint density at radius 2 is 1.82 bits per heavy atom. The standard InChI is InChI=1S/C24H28FN5O3S/c1-18-6-8-21(9-7-18)34(32,33)30-14-12-29(13-15-30)17-22(31)27-23(24-26-10-11-28(24)2)19-4-3-5-20(25)16-19/h3-11,16,23H,12-15,17H2,1-2H3,(H,27,31). The summed E-state index contributed by atoms with van der Waals surface area (Å²) >= 11 is 0. The highest BCUT2D eigenvalue weighted by Gasteiger charge is 2.29. The summed E-state index contributed by atoms with van der Waals surface area (Å²) < 4.78 is 42.9. The molecule has 1 fully saturated rings. The maximum absolute atomic E-state index is 13.9. The number of hydrogen-bond acceptors (Lipinski definition) is 5. The molecule has 34 heavy (non-hydrogen) atoms. The molecule has 4 rings (SSSR count). The van der Waals surface area contributed by atoms with Crippen LogP contribution in [-0.2, 0) is 21.9 Å². The average Bonchev–Trinajstić information content (AvgIpc) is 3.23. The van der Waals surface area contributed by atoms with Crippen LogP contribution in [0.15, 0.2) is 65.8 Å². The number of halogens is 1. The van der Waals surface area contributed by atoms with Gasteiger partial charge in [-0.2, -0.15) is 4.31 Å². The van der Waals surface area contributed by atoms with Gasteiger partial charge in [-0.25, -0.2) is 17.8 Å². The molecule has 1 saturated heterocycles. The van der Waals surface area contributed by atoms with Gasteiger partial charge in [0.05, 0.1) is 11.4 Å². The number of imidazole rings is 1. The number of carbonyl (C=O) groups is 1. The molecule has 3 aromatic rings. The fraction of sp³-hybridized carbons (Fsp3) is 0.333. The molecule has 2 aromatic carbocycles. The lowest BCUT2D eigenvalue weighted by Crippen LogP contribution is -2.51. The van der Waals surface area contributed by atoms with Crippen LogP contribution in [0.5, 0.6) is 0 Å². The van der Waals surface area contributed by atoms with Crippen molar-refractivity contribution in [1.82, 2.24) is 24.1 Å². The van der Waals surface area contributed by atoms with Crippen LogP contribution in [0.1, 0.15) is 23.0 Å². The normalized spacial score (nSPS) is 16.3. The molecule has 0 spiro atoms. The maximum Gasteiger partial charge on any atom is 0.243 e. The first-order valence-corrected chi connectivity index (χ1v) is 12.5. The summed E-state index contributed by atoms with van der Waals surface area (Å²) in [6, 6.07) is 12.3. The van der Waals surface area contributed by atoms with Gasteiger partial charge in [0, 0.05) is 45.6 Å². The SMILES string of the molecule is Cc1ccc(S(=O)(=O)N2CCN(CC(=O)NC(c3cccc(F)c3)c3nccn3C)CC2)cc1. The summed E-state index contributed by atoms with van der Waals surface area (Å²) in [5.41, 5.74) is 1.59. The summed E-state index contributed by atoms with van der Waals surface area (Å²) in [5, 5.41) is 2.96. The number of aryl methyl sites for hydroxylation is 2. The van der Waals surface area contributed by atoms with Crippen LogP contribution in [0.4, 0.5) is 4.39 Å². The topological polar surface area (TPSA) is 87.5 Å². The molecule has 180 valence electrons. The molecule has 0 saturated carbocycles. The van der Waals surface area contributed by atoms with E-state index in [1.807, 2.05) is 18.9 Å². The zero-order valence-corrected chi connectivity index (χ0v) is 20.0. The Kier molecular flexibility index (Phi) is 7.11. The number of sulfonamides is 1. The van der Waals surface area contributed by atoms with Gasteiger partial charge in [-0.15, -0.1) is 0 Å². The van der Waals surface area contributed by atoms with Crippen LogP contribution in [-0.4, -0.2) is 65.8 Å². The molecule has 10 heteroatoms. The number of amides is 1. The molecule has 1 aromatic heterocycles. The molecular formula is C24H28FN5O3S. The first-order chi connectivity index (χ1) is 16.2. The van der Waals surface area contributed by atoms with E-state index in [9.17, 15) is 17.6 Å². The van der Waals surface area contributed by atoms with E-state index < -0.39 is 21.9 Å². The van der Waals surface area contributed by atoms with E-state index in [1.54, 1.807) is 53.4 Å². The van der Waals surface area contributed by atoms with Crippen molar-refractivity contribution in [2.45, 2.75) is 17.9 Å². The van der Waals surface area contributed by atoms with Crippen molar-refractivity contribution in [3.8, 4) is 0 Å². The second-order valence-electron chi connectivity index (χ2n) is 8.45. The Balaban J connectivity index is 1.39. The van der Waals surface area contributed by atoms with Crippen LogP contribution in [0.25, 0.3) is 0 Å². The van der Waals surface area contributed by atoms with Gasteiger partial charge in [0.15, 0.2) is 0 Å². The number of nitrogens with one attached hydrogen (secondary N) is 1. The van der Waals surface area contributed by atoms with Crippen LogP contribution in [0, 0.1) is 12.7 Å². The average molecular weight is 486 g/mol. The molecule has 1 aliphatic rings. The van der Waals surface area contributed by atoms with E-state index in [0.29, 0.717) is 37.6 Å². The zero-order valence-electron chi connectivity index (χ0n) is 19.2. The summed E-state index contributed by atoms with van der Waals surface area (Å²) in [5.74, 6) is -0.0445. The third-order valence-electron chi connectivity index (χ3n) is 5.96. The van der Waals surface area contributed by atoms with Crippen LogP contribution in [0.3, 0.4) is 0 Å². The van der Waals surface area contributed by atoms with Crippen LogP contribution in [0.2, 0.25) is 0 Å². The van der Waals surface area contributed by atoms with Crippen LogP contribution < -0.4 is 5.32 Å². The van der Waals surface area contributed by atoms with Crippen molar-refractivity contribution in [2.75, 3.05) is 32.7 Å². The second-order valence-corrected chi connectivity index (χ2v) is 10.4. The van der Waals surface area contributed by atoms with Crippen molar-refractivity contribution in [3.63, 3.8) is 0 Å². The Morgan fingerprint density at radius 3 is 2.44 bits per heavy atom. The molecule has 8 nitrogen and oxygen atoms in total. The fourth-order valence-electron chi connectivity index (χ4n) is 4.04. The van der Waals surface area contributed by atoms with Gasteiger partial charge < -0.3 is 9.88 Å². The van der Waals surface area contributed by atoms with Crippen molar-refractivity contribution in [2.24, 2.45) is 7.05 Å². The predicted octanol–water partition coefficient (Wildman–Crippen LogP) is 2.08. The molecule has 1 unspecified atom stereocenters. The van der Waals surface area contributed by atoms with Crippen LogP contribution >= 0.6 is 0 Å². The molecular weight excluding hydrogens is 457 g/mol. The fourth-order valence-corrected chi connectivity index (χ4v) is 5.46. The van der Waals surface area contributed by atoms with Crippen molar-refractivity contribution in [1.29, 1.82) is 0 Å². The van der Waals surface area contributed by atoms with Gasteiger partial charge in [0.1, 0.15) is 17.7 Å². The van der Waals surface area contributed by atoms with E-state index in [0.717, 1.165) is 5.56 Å². The van der Waals surface area contributed by atoms with Crippen molar-refractivity contribution in [3.05, 3.63) is 83.7 Å².